The Hall–Kier alpha value is -1.83. The molecule has 0 saturated heterocycles. The SMILES string of the molecule is Cc1cc(C#N)c(N)c(OC(F)F)c1. The van der Waals surface area contributed by atoms with Crippen molar-refractivity contribution < 1.29 is 13.5 Å². The molecule has 0 spiro atoms. The van der Waals surface area contributed by atoms with Gasteiger partial charge in [-0.25, -0.2) is 0 Å². The molecule has 0 bridgehead atoms. The molecular formula is C9H8F2N2O. The summed E-state index contributed by atoms with van der Waals surface area (Å²) in [5.41, 5.74) is 6.16. The van der Waals surface area contributed by atoms with E-state index in [1.54, 1.807) is 13.0 Å². The van der Waals surface area contributed by atoms with E-state index in [-0.39, 0.29) is 17.0 Å². The summed E-state index contributed by atoms with van der Waals surface area (Å²) in [6.45, 7) is -1.27. The number of halogens is 2. The van der Waals surface area contributed by atoms with Crippen molar-refractivity contribution in [2.45, 2.75) is 13.5 Å². The predicted molar refractivity (Wildman–Crippen MR) is 46.9 cm³/mol. The van der Waals surface area contributed by atoms with Crippen molar-refractivity contribution >= 4 is 5.69 Å². The number of anilines is 1. The first-order valence-electron chi connectivity index (χ1n) is 3.79. The van der Waals surface area contributed by atoms with E-state index in [1.165, 1.54) is 12.1 Å². The van der Waals surface area contributed by atoms with Crippen molar-refractivity contribution in [3.8, 4) is 11.8 Å². The molecule has 74 valence electrons. The molecule has 0 radical (unpaired) electrons. The van der Waals surface area contributed by atoms with Crippen LogP contribution in [0.5, 0.6) is 5.75 Å². The minimum Gasteiger partial charge on any atom is -0.433 e. The Kier molecular flexibility index (Phi) is 2.87. The van der Waals surface area contributed by atoms with Crippen molar-refractivity contribution in [1.82, 2.24) is 0 Å². The van der Waals surface area contributed by atoms with E-state index in [1.807, 2.05) is 0 Å². The van der Waals surface area contributed by atoms with Crippen LogP contribution in [0.25, 0.3) is 0 Å². The van der Waals surface area contributed by atoms with Crippen LogP contribution in [0.1, 0.15) is 11.1 Å². The number of nitriles is 1. The maximum Gasteiger partial charge on any atom is 0.387 e. The van der Waals surface area contributed by atoms with Gasteiger partial charge in [-0.1, -0.05) is 0 Å². The fraction of sp³-hybridized carbons (Fsp3) is 0.222. The number of hydrogen-bond acceptors (Lipinski definition) is 3. The molecule has 0 aromatic heterocycles. The molecule has 1 aromatic rings. The predicted octanol–water partition coefficient (Wildman–Crippen LogP) is 2.05. The lowest BCUT2D eigenvalue weighted by Crippen LogP contribution is -2.05. The highest BCUT2D eigenvalue weighted by Gasteiger charge is 2.11. The van der Waals surface area contributed by atoms with Crippen LogP contribution >= 0.6 is 0 Å². The summed E-state index contributed by atoms with van der Waals surface area (Å²) < 4.78 is 28.0. The van der Waals surface area contributed by atoms with Crippen LogP contribution in [0, 0.1) is 18.3 Å². The Balaban J connectivity index is 3.17. The van der Waals surface area contributed by atoms with Crippen LogP contribution < -0.4 is 10.5 Å². The minimum atomic E-state index is -2.94. The average molecular weight is 198 g/mol. The average Bonchev–Trinajstić information content (AvgIpc) is 2.09. The molecule has 14 heavy (non-hydrogen) atoms. The van der Waals surface area contributed by atoms with Gasteiger partial charge >= 0.3 is 6.61 Å². The fourth-order valence-electron chi connectivity index (χ4n) is 1.05. The topological polar surface area (TPSA) is 59.0 Å². The van der Waals surface area contributed by atoms with Gasteiger partial charge in [-0.05, 0) is 24.6 Å². The maximum atomic E-state index is 11.9. The number of hydrogen-bond donors (Lipinski definition) is 1. The zero-order chi connectivity index (χ0) is 10.7. The van der Waals surface area contributed by atoms with E-state index in [0.29, 0.717) is 5.56 Å². The van der Waals surface area contributed by atoms with Crippen LogP contribution in [0.2, 0.25) is 0 Å². The molecule has 0 saturated carbocycles. The molecule has 0 aliphatic heterocycles. The highest BCUT2D eigenvalue weighted by Crippen LogP contribution is 2.28. The molecule has 0 aliphatic carbocycles. The second-order valence-corrected chi connectivity index (χ2v) is 2.71. The van der Waals surface area contributed by atoms with Crippen molar-refractivity contribution in [1.29, 1.82) is 5.26 Å². The van der Waals surface area contributed by atoms with E-state index in [0.717, 1.165) is 0 Å². The minimum absolute atomic E-state index is 0.0570. The second-order valence-electron chi connectivity index (χ2n) is 2.71. The monoisotopic (exact) mass is 198 g/mol. The zero-order valence-electron chi connectivity index (χ0n) is 7.42. The van der Waals surface area contributed by atoms with Gasteiger partial charge in [-0.15, -0.1) is 0 Å². The van der Waals surface area contributed by atoms with E-state index >= 15 is 0 Å². The van der Waals surface area contributed by atoms with Crippen molar-refractivity contribution in [3.63, 3.8) is 0 Å². The van der Waals surface area contributed by atoms with Crippen LogP contribution in [0.15, 0.2) is 12.1 Å². The number of nitrogens with zero attached hydrogens (tertiary/aromatic N) is 1. The van der Waals surface area contributed by atoms with Crippen LogP contribution in [0.3, 0.4) is 0 Å². The fourth-order valence-corrected chi connectivity index (χ4v) is 1.05. The lowest BCUT2D eigenvalue weighted by Gasteiger charge is -2.09. The lowest BCUT2D eigenvalue weighted by molar-refractivity contribution is -0.0493. The molecule has 0 aliphatic rings. The lowest BCUT2D eigenvalue weighted by atomic mass is 10.1. The van der Waals surface area contributed by atoms with Gasteiger partial charge in [0.25, 0.3) is 0 Å². The second kappa shape index (κ2) is 3.92. The summed E-state index contributed by atoms with van der Waals surface area (Å²) in [5, 5.41) is 8.63. The molecule has 2 N–H and O–H groups in total. The van der Waals surface area contributed by atoms with E-state index in [9.17, 15) is 8.78 Å². The highest BCUT2D eigenvalue weighted by molar-refractivity contribution is 5.64. The first-order chi connectivity index (χ1) is 6.54. The summed E-state index contributed by atoms with van der Waals surface area (Å²) in [4.78, 5) is 0. The molecular weight excluding hydrogens is 190 g/mol. The number of ether oxygens (including phenoxy) is 1. The summed E-state index contributed by atoms with van der Waals surface area (Å²) >= 11 is 0. The Bertz CT molecular complexity index is 385. The number of alkyl halides is 2. The van der Waals surface area contributed by atoms with Crippen LogP contribution in [-0.4, -0.2) is 6.61 Å². The van der Waals surface area contributed by atoms with Gasteiger partial charge in [0.05, 0.1) is 11.3 Å². The van der Waals surface area contributed by atoms with Gasteiger partial charge < -0.3 is 10.5 Å². The first-order valence-corrected chi connectivity index (χ1v) is 3.79. The third-order valence-electron chi connectivity index (χ3n) is 1.62. The largest absolute Gasteiger partial charge is 0.433 e. The third kappa shape index (κ3) is 2.10. The number of benzene rings is 1. The number of aryl methyl sites for hydroxylation is 1. The van der Waals surface area contributed by atoms with Gasteiger partial charge in [0.1, 0.15) is 6.07 Å². The molecule has 0 amide bonds. The quantitative estimate of drug-likeness (QED) is 0.740. The van der Waals surface area contributed by atoms with Crippen LogP contribution in [-0.2, 0) is 0 Å². The Morgan fingerprint density at radius 1 is 1.50 bits per heavy atom. The third-order valence-corrected chi connectivity index (χ3v) is 1.62. The number of nitrogens with two attached hydrogens (primary N) is 1. The molecule has 0 heterocycles. The summed E-state index contributed by atoms with van der Waals surface area (Å²) in [6, 6.07) is 4.67. The Morgan fingerprint density at radius 2 is 2.14 bits per heavy atom. The summed E-state index contributed by atoms with van der Waals surface area (Å²) in [6.07, 6.45) is 0. The zero-order valence-corrected chi connectivity index (χ0v) is 7.42. The standard InChI is InChI=1S/C9H8F2N2O/c1-5-2-6(4-12)8(13)7(3-5)14-9(10)11/h2-3,9H,13H2,1H3. The molecule has 3 nitrogen and oxygen atoms in total. The first kappa shape index (κ1) is 10.3. The summed E-state index contributed by atoms with van der Waals surface area (Å²) in [7, 11) is 0. The molecule has 5 heteroatoms. The molecule has 0 fully saturated rings. The van der Waals surface area contributed by atoms with Crippen molar-refractivity contribution in [3.05, 3.63) is 23.3 Å². The molecule has 1 aromatic carbocycles. The van der Waals surface area contributed by atoms with Gasteiger partial charge in [0.15, 0.2) is 5.75 Å². The van der Waals surface area contributed by atoms with Gasteiger partial charge in [0.2, 0.25) is 0 Å². The van der Waals surface area contributed by atoms with Crippen LogP contribution in [0.4, 0.5) is 14.5 Å². The smallest absolute Gasteiger partial charge is 0.387 e. The molecule has 1 rings (SSSR count). The van der Waals surface area contributed by atoms with Crippen molar-refractivity contribution in [2.24, 2.45) is 0 Å². The van der Waals surface area contributed by atoms with Crippen molar-refractivity contribution in [2.75, 3.05) is 5.73 Å². The Morgan fingerprint density at radius 3 is 2.64 bits per heavy atom. The van der Waals surface area contributed by atoms with E-state index in [4.69, 9.17) is 11.0 Å². The van der Waals surface area contributed by atoms with Gasteiger partial charge in [-0.2, -0.15) is 14.0 Å². The maximum absolute atomic E-state index is 11.9. The Labute approximate surface area is 79.7 Å². The highest BCUT2D eigenvalue weighted by atomic mass is 19.3. The van der Waals surface area contributed by atoms with E-state index < -0.39 is 6.61 Å². The summed E-state index contributed by atoms with van der Waals surface area (Å²) in [5.74, 6) is -0.156. The number of rotatable bonds is 2. The normalized spacial score (nSPS) is 9.93. The van der Waals surface area contributed by atoms with E-state index in [2.05, 4.69) is 4.74 Å². The molecule has 0 unspecified atom stereocenters. The number of nitrogen functional groups attached to an aromatic ring is 1. The molecule has 0 atom stereocenters. The van der Waals surface area contributed by atoms with Gasteiger partial charge in [-0.3, -0.25) is 0 Å². The van der Waals surface area contributed by atoms with Gasteiger partial charge in [0, 0.05) is 0 Å².